The molecule has 5 heterocycles. The van der Waals surface area contributed by atoms with E-state index >= 15 is 0 Å². The number of nitrogens with zero attached hydrogens (tertiary/aromatic N) is 2. The highest BCUT2D eigenvalue weighted by Gasteiger charge is 2.31. The summed E-state index contributed by atoms with van der Waals surface area (Å²) in [6.07, 6.45) is 22.4. The third-order valence-electron chi connectivity index (χ3n) is 16.0. The summed E-state index contributed by atoms with van der Waals surface area (Å²) < 4.78 is 25.5. The first-order chi connectivity index (χ1) is 35.9. The lowest BCUT2D eigenvalue weighted by molar-refractivity contribution is 0.396. The van der Waals surface area contributed by atoms with E-state index < -0.39 is 0 Å². The van der Waals surface area contributed by atoms with Gasteiger partial charge in [0.2, 0.25) is 0 Å². The van der Waals surface area contributed by atoms with E-state index in [4.69, 9.17) is 28.9 Å². The minimum Gasteiger partial charge on any atom is -0.496 e. The van der Waals surface area contributed by atoms with E-state index in [9.17, 15) is 0 Å². The van der Waals surface area contributed by atoms with E-state index in [1.54, 1.807) is 28.4 Å². The molecule has 2 aromatic carbocycles. The van der Waals surface area contributed by atoms with Crippen LogP contribution in [0, 0.1) is 27.7 Å². The SMILES string of the molecule is CCCCCCC1=C(C)c2nc1cc1[nH]c(c(C)c1CCCCCC)c(-c1c(OC)cc(C)cc1OC)c1[nH]c(cc3nc(c2-c2c(OC)cc(C)cc2OC)C(C)=C3CCCCCC)c(CCCCCC)c1C. The lowest BCUT2D eigenvalue weighted by Gasteiger charge is -2.18. The Bertz CT molecular complexity index is 2830. The smallest absolute Gasteiger partial charge is 0.130 e. The minimum absolute atomic E-state index is 0.754. The molecule has 2 N–H and O–H groups in total. The van der Waals surface area contributed by atoms with Gasteiger partial charge in [0.25, 0.3) is 0 Å². The summed E-state index contributed by atoms with van der Waals surface area (Å²) in [6.45, 7) is 22.6. The van der Waals surface area contributed by atoms with Gasteiger partial charge in [0, 0.05) is 22.2 Å². The quantitative estimate of drug-likeness (QED) is 0.0536. The van der Waals surface area contributed by atoms with Crippen LogP contribution in [0.4, 0.5) is 0 Å². The number of unbranched alkanes of at least 4 members (excludes halogenated alkanes) is 12. The van der Waals surface area contributed by atoms with Crippen molar-refractivity contribution in [2.75, 3.05) is 28.4 Å². The largest absolute Gasteiger partial charge is 0.496 e. The maximum absolute atomic E-state index is 6.39. The summed E-state index contributed by atoms with van der Waals surface area (Å²) in [5, 5.41) is 0. The number of ether oxygens (including phenoxy) is 4. The van der Waals surface area contributed by atoms with Gasteiger partial charge in [-0.1, -0.05) is 105 Å². The topological polar surface area (TPSA) is 94.3 Å². The van der Waals surface area contributed by atoms with E-state index in [2.05, 4.69) is 116 Å². The van der Waals surface area contributed by atoms with Crippen molar-refractivity contribution in [2.45, 2.75) is 198 Å². The second-order valence-electron chi connectivity index (χ2n) is 21.3. The standard InChI is InChI=1S/C66H90N4O4/c1-15-19-23-27-31-47-43(7)63-61(59-55(71-11)35-41(5)36-56(59)72-12)64-45(9)49(33-29-25-21-17-3)53(69-64)40-54-50(34-30-26-22-18-4)46(10)66(70-54)62(60-57(73-13)37-42(6)38-58(60)74-14)65-44(8)48(32-28-24-20-16-2)52(68-65)39-51(47)67-63/h35-40,67,69H,15-34H2,1-14H3. The Morgan fingerprint density at radius 3 is 1.03 bits per heavy atom. The van der Waals surface area contributed by atoms with Gasteiger partial charge in [0.15, 0.2) is 0 Å². The summed E-state index contributed by atoms with van der Waals surface area (Å²) in [6, 6.07) is 13.3. The second-order valence-corrected chi connectivity index (χ2v) is 21.3. The average Bonchev–Trinajstić information content (AvgIpc) is 4.08. The molecule has 3 aromatic heterocycles. The summed E-state index contributed by atoms with van der Waals surface area (Å²) in [5.74, 6) is 3.07. The van der Waals surface area contributed by atoms with Crippen LogP contribution in [0.3, 0.4) is 0 Å². The van der Waals surface area contributed by atoms with Crippen LogP contribution >= 0.6 is 0 Å². The van der Waals surface area contributed by atoms with Crippen molar-refractivity contribution in [1.29, 1.82) is 0 Å². The molecule has 7 rings (SSSR count). The number of aromatic nitrogens is 4. The number of allylic oxidation sites excluding steroid dienone is 4. The molecule has 0 atom stereocenters. The van der Waals surface area contributed by atoms with E-state index in [1.807, 2.05) is 0 Å². The molecular formula is C66H90N4O4. The summed E-state index contributed by atoms with van der Waals surface area (Å²) in [4.78, 5) is 20.1. The van der Waals surface area contributed by atoms with E-state index in [0.29, 0.717) is 0 Å². The van der Waals surface area contributed by atoms with Gasteiger partial charge in [-0.05, 0) is 185 Å². The molecule has 398 valence electrons. The predicted molar refractivity (Wildman–Crippen MR) is 315 cm³/mol. The second kappa shape index (κ2) is 26.1. The number of nitrogens with one attached hydrogen (secondary N) is 2. The number of hydrogen-bond donors (Lipinski definition) is 2. The van der Waals surface area contributed by atoms with E-state index in [0.717, 1.165) is 153 Å². The first-order valence-corrected chi connectivity index (χ1v) is 28.6. The van der Waals surface area contributed by atoms with Gasteiger partial charge >= 0.3 is 0 Å². The molecule has 0 saturated carbocycles. The predicted octanol–water partition coefficient (Wildman–Crippen LogP) is 19.0. The van der Waals surface area contributed by atoms with Gasteiger partial charge in [0.05, 0.1) is 73.4 Å². The van der Waals surface area contributed by atoms with Gasteiger partial charge < -0.3 is 28.9 Å². The number of benzene rings is 2. The highest BCUT2D eigenvalue weighted by Crippen LogP contribution is 2.51. The number of aryl methyl sites for hydroxylation is 6. The van der Waals surface area contributed by atoms with Crippen LogP contribution in [0.2, 0.25) is 0 Å². The van der Waals surface area contributed by atoms with Gasteiger partial charge in [-0.15, -0.1) is 0 Å². The molecule has 0 saturated heterocycles. The molecule has 0 fully saturated rings. The van der Waals surface area contributed by atoms with E-state index in [1.165, 1.54) is 122 Å². The monoisotopic (exact) mass is 1000 g/mol. The molecule has 0 unspecified atom stereocenters. The van der Waals surface area contributed by atoms with Crippen molar-refractivity contribution in [1.82, 2.24) is 19.9 Å². The van der Waals surface area contributed by atoms with Crippen molar-refractivity contribution in [3.63, 3.8) is 0 Å². The van der Waals surface area contributed by atoms with Crippen LogP contribution < -0.4 is 18.9 Å². The number of aromatic amines is 2. The van der Waals surface area contributed by atoms with Crippen molar-refractivity contribution in [2.24, 2.45) is 0 Å². The molecule has 0 spiro atoms. The molecule has 2 aliphatic rings. The Morgan fingerprint density at radius 2 is 0.703 bits per heavy atom. The zero-order valence-corrected chi connectivity index (χ0v) is 48.1. The summed E-state index contributed by atoms with van der Waals surface area (Å²) in [5.41, 5.74) is 24.3. The van der Waals surface area contributed by atoms with Gasteiger partial charge in [-0.3, -0.25) is 0 Å². The molecule has 74 heavy (non-hydrogen) atoms. The first kappa shape index (κ1) is 56.0. The molecule has 5 aromatic rings. The van der Waals surface area contributed by atoms with Crippen LogP contribution in [0.25, 0.3) is 66.6 Å². The molecule has 0 aliphatic carbocycles. The Kier molecular flexibility index (Phi) is 19.8. The molecular weight excluding hydrogens is 913 g/mol. The average molecular weight is 1000 g/mol. The maximum atomic E-state index is 6.39. The lowest BCUT2D eigenvalue weighted by Crippen LogP contribution is -2.00. The number of methoxy groups -OCH3 is 4. The molecule has 8 nitrogen and oxygen atoms in total. The highest BCUT2D eigenvalue weighted by molar-refractivity contribution is 6.05. The van der Waals surface area contributed by atoms with Crippen molar-refractivity contribution in [3.8, 4) is 45.3 Å². The van der Waals surface area contributed by atoms with Gasteiger partial charge in [-0.2, -0.15) is 0 Å². The lowest BCUT2D eigenvalue weighted by atomic mass is 9.90. The van der Waals surface area contributed by atoms with Crippen LogP contribution in [-0.2, 0) is 12.8 Å². The Balaban J connectivity index is 1.78. The zero-order chi connectivity index (χ0) is 53.1. The van der Waals surface area contributed by atoms with Crippen molar-refractivity contribution >= 4 is 44.4 Å². The first-order valence-electron chi connectivity index (χ1n) is 28.6. The van der Waals surface area contributed by atoms with Crippen molar-refractivity contribution in [3.05, 3.63) is 92.6 Å². The number of fused-ring (bicyclic) bond motifs is 8. The third kappa shape index (κ3) is 11.9. The molecule has 2 aliphatic heterocycles. The fourth-order valence-electron chi connectivity index (χ4n) is 11.8. The molecule has 0 amide bonds. The third-order valence-corrected chi connectivity index (χ3v) is 16.0. The number of H-pyrrole nitrogens is 2. The Labute approximate surface area is 445 Å². The van der Waals surface area contributed by atoms with Crippen molar-refractivity contribution < 1.29 is 18.9 Å². The molecule has 0 radical (unpaired) electrons. The van der Waals surface area contributed by atoms with Gasteiger partial charge in [-0.25, -0.2) is 9.97 Å². The molecule has 8 bridgehead atoms. The number of rotatable bonds is 26. The minimum atomic E-state index is 0.754. The van der Waals surface area contributed by atoms with Crippen LogP contribution in [-0.4, -0.2) is 48.4 Å². The Morgan fingerprint density at radius 1 is 0.378 bits per heavy atom. The van der Waals surface area contributed by atoms with E-state index in [-0.39, 0.29) is 0 Å². The summed E-state index contributed by atoms with van der Waals surface area (Å²) >= 11 is 0. The highest BCUT2D eigenvalue weighted by atomic mass is 16.5. The van der Waals surface area contributed by atoms with Crippen LogP contribution in [0.15, 0.2) is 36.4 Å². The zero-order valence-electron chi connectivity index (χ0n) is 48.1. The molecule has 8 heteroatoms. The van der Waals surface area contributed by atoms with Crippen LogP contribution in [0.5, 0.6) is 23.0 Å². The van der Waals surface area contributed by atoms with Gasteiger partial charge in [0.1, 0.15) is 23.0 Å². The fraction of sp³-hybridized carbons (Fsp3) is 0.515. The number of hydrogen-bond acceptors (Lipinski definition) is 6. The summed E-state index contributed by atoms with van der Waals surface area (Å²) in [7, 11) is 7.11. The van der Waals surface area contributed by atoms with Crippen LogP contribution in [0.1, 0.15) is 213 Å². The normalized spacial score (nSPS) is 12.6. The maximum Gasteiger partial charge on any atom is 0.130 e. The fourth-order valence-corrected chi connectivity index (χ4v) is 11.8. The Hall–Kier alpha value is -5.76.